The minimum Gasteiger partial charge on any atom is -0.285 e. The van der Waals surface area contributed by atoms with Crippen LogP contribution in [0.25, 0.3) is 37.3 Å². The number of benzene rings is 3. The average molecular weight is 450 g/mol. The van der Waals surface area contributed by atoms with Gasteiger partial charge in [0.1, 0.15) is 17.1 Å². The van der Waals surface area contributed by atoms with Crippen molar-refractivity contribution in [3.63, 3.8) is 0 Å². The second-order valence-electron chi connectivity index (χ2n) is 7.52. The lowest BCUT2D eigenvalue weighted by Crippen LogP contribution is -2.09. The molecule has 3 aromatic heterocycles. The Balaban J connectivity index is 1.58. The number of aromatic nitrogens is 3. The van der Waals surface area contributed by atoms with Crippen molar-refractivity contribution in [1.82, 2.24) is 14.4 Å². The van der Waals surface area contributed by atoms with Gasteiger partial charge in [0.05, 0.1) is 20.7 Å². The number of imidazole rings is 1. The summed E-state index contributed by atoms with van der Waals surface area (Å²) in [6.45, 7) is 0. The van der Waals surface area contributed by atoms with Crippen LogP contribution in [0.15, 0.2) is 84.9 Å². The first-order chi connectivity index (χ1) is 16.1. The second-order valence-corrected chi connectivity index (χ2v) is 8.53. The molecule has 0 amide bonds. The molecule has 0 aliphatic heterocycles. The number of hydrogen-bond donors (Lipinski definition) is 0. The first-order valence-electron chi connectivity index (χ1n) is 10.2. The van der Waals surface area contributed by atoms with E-state index in [9.17, 15) is 14.9 Å². The molecular weight excluding hydrogens is 436 g/mol. The van der Waals surface area contributed by atoms with Crippen molar-refractivity contribution in [1.29, 1.82) is 0 Å². The van der Waals surface area contributed by atoms with E-state index in [0.29, 0.717) is 22.3 Å². The average Bonchev–Trinajstić information content (AvgIpc) is 3.39. The second kappa shape index (κ2) is 7.32. The quantitative estimate of drug-likeness (QED) is 0.189. The fraction of sp³-hybridized carbons (Fsp3) is 0. The fourth-order valence-electron chi connectivity index (χ4n) is 4.00. The number of ketones is 1. The Kier molecular flexibility index (Phi) is 4.27. The van der Waals surface area contributed by atoms with Gasteiger partial charge in [-0.1, -0.05) is 59.9 Å². The van der Waals surface area contributed by atoms with Gasteiger partial charge in [-0.3, -0.25) is 19.3 Å². The Bertz CT molecular complexity index is 1720. The summed E-state index contributed by atoms with van der Waals surface area (Å²) < 4.78 is 2.93. The van der Waals surface area contributed by atoms with Crippen LogP contribution in [0, 0.1) is 10.1 Å². The summed E-state index contributed by atoms with van der Waals surface area (Å²) in [5.74, 6) is -0.259. The van der Waals surface area contributed by atoms with Gasteiger partial charge in [0.2, 0.25) is 5.78 Å². The number of hydrogen-bond acceptors (Lipinski definition) is 6. The number of carbonyl (C=O) groups is 1. The number of nitro benzene ring substituents is 1. The maximum Gasteiger partial charge on any atom is 0.270 e. The number of pyridine rings is 1. The Morgan fingerprint density at radius 2 is 1.70 bits per heavy atom. The highest BCUT2D eigenvalue weighted by atomic mass is 32.1. The van der Waals surface area contributed by atoms with Crippen LogP contribution >= 0.6 is 11.3 Å². The molecule has 0 bridgehead atoms. The number of nitrogens with zero attached hydrogens (tertiary/aromatic N) is 4. The number of rotatable bonds is 4. The zero-order chi connectivity index (χ0) is 22.5. The molecule has 0 radical (unpaired) electrons. The standard InChI is InChI=1S/C25H14N4O3S/c30-24(19-12-10-16-14-17(29(31)32)11-13-18(16)26-19)23-22(15-6-2-1-3-7-15)27-25-28(23)20-8-4-5-9-21(20)33-25/h1-14H. The van der Waals surface area contributed by atoms with Crippen LogP contribution < -0.4 is 0 Å². The molecule has 0 N–H and O–H groups in total. The number of thiazole rings is 1. The highest BCUT2D eigenvalue weighted by molar-refractivity contribution is 7.23. The van der Waals surface area contributed by atoms with Crippen LogP contribution in [0.2, 0.25) is 0 Å². The largest absolute Gasteiger partial charge is 0.285 e. The van der Waals surface area contributed by atoms with Crippen LogP contribution in [0.5, 0.6) is 0 Å². The maximum absolute atomic E-state index is 13.8. The van der Waals surface area contributed by atoms with Gasteiger partial charge in [0.15, 0.2) is 4.96 Å². The molecule has 0 aliphatic rings. The molecule has 33 heavy (non-hydrogen) atoms. The molecule has 0 unspecified atom stereocenters. The summed E-state index contributed by atoms with van der Waals surface area (Å²) in [4.78, 5) is 34.6. The molecule has 0 saturated heterocycles. The third-order valence-electron chi connectivity index (χ3n) is 5.53. The predicted octanol–water partition coefficient (Wildman–Crippen LogP) is 5.90. The fourth-order valence-corrected chi connectivity index (χ4v) is 5.02. The lowest BCUT2D eigenvalue weighted by atomic mass is 10.1. The van der Waals surface area contributed by atoms with Crippen LogP contribution in [0.1, 0.15) is 16.2 Å². The molecule has 3 heterocycles. The van der Waals surface area contributed by atoms with E-state index in [0.717, 1.165) is 20.7 Å². The highest BCUT2D eigenvalue weighted by Gasteiger charge is 2.25. The molecule has 3 aromatic carbocycles. The molecule has 6 aromatic rings. The van der Waals surface area contributed by atoms with E-state index in [1.165, 1.54) is 23.5 Å². The van der Waals surface area contributed by atoms with E-state index in [-0.39, 0.29) is 17.2 Å². The Morgan fingerprint density at radius 3 is 2.52 bits per heavy atom. The molecule has 158 valence electrons. The van der Waals surface area contributed by atoms with Crippen LogP contribution in [-0.4, -0.2) is 25.1 Å². The number of carbonyl (C=O) groups excluding carboxylic acids is 1. The van der Waals surface area contributed by atoms with E-state index >= 15 is 0 Å². The first kappa shape index (κ1) is 19.3. The molecule has 6 rings (SSSR count). The third kappa shape index (κ3) is 3.07. The summed E-state index contributed by atoms with van der Waals surface area (Å²) >= 11 is 1.53. The molecule has 8 heteroatoms. The molecular formula is C25H14N4O3S. The van der Waals surface area contributed by atoms with E-state index < -0.39 is 4.92 Å². The molecule has 7 nitrogen and oxygen atoms in total. The molecule has 0 spiro atoms. The van der Waals surface area contributed by atoms with Crippen molar-refractivity contribution in [2.45, 2.75) is 0 Å². The molecule has 0 saturated carbocycles. The predicted molar refractivity (Wildman–Crippen MR) is 128 cm³/mol. The molecule has 0 atom stereocenters. The maximum atomic E-state index is 13.8. The van der Waals surface area contributed by atoms with Crippen LogP contribution in [0.3, 0.4) is 0 Å². The van der Waals surface area contributed by atoms with Crippen molar-refractivity contribution in [2.24, 2.45) is 0 Å². The lowest BCUT2D eigenvalue weighted by Gasteiger charge is -2.06. The van der Waals surface area contributed by atoms with Crippen LogP contribution in [0.4, 0.5) is 5.69 Å². The SMILES string of the molecule is O=C(c1ccc2cc([N+](=O)[O-])ccc2n1)c1c(-c2ccccc2)nc2sc3ccccc3n12. The van der Waals surface area contributed by atoms with Gasteiger partial charge >= 0.3 is 0 Å². The summed E-state index contributed by atoms with van der Waals surface area (Å²) in [6, 6.07) is 25.2. The van der Waals surface area contributed by atoms with E-state index in [4.69, 9.17) is 4.98 Å². The Hall–Kier alpha value is -4.43. The minimum absolute atomic E-state index is 0.0167. The van der Waals surface area contributed by atoms with Crippen molar-refractivity contribution in [3.8, 4) is 11.3 Å². The smallest absolute Gasteiger partial charge is 0.270 e. The minimum atomic E-state index is -0.449. The van der Waals surface area contributed by atoms with Gasteiger partial charge in [-0.25, -0.2) is 9.97 Å². The van der Waals surface area contributed by atoms with E-state index in [2.05, 4.69) is 4.98 Å². The van der Waals surface area contributed by atoms with Crippen molar-refractivity contribution >= 4 is 48.9 Å². The number of para-hydroxylation sites is 1. The summed E-state index contributed by atoms with van der Waals surface area (Å²) in [5, 5.41) is 11.7. The van der Waals surface area contributed by atoms with Gasteiger partial charge in [-0.05, 0) is 24.3 Å². The third-order valence-corrected chi connectivity index (χ3v) is 6.55. The van der Waals surface area contributed by atoms with E-state index in [1.807, 2.05) is 59.0 Å². The van der Waals surface area contributed by atoms with Crippen molar-refractivity contribution in [2.75, 3.05) is 0 Å². The lowest BCUT2D eigenvalue weighted by molar-refractivity contribution is -0.384. The van der Waals surface area contributed by atoms with Gasteiger partial charge < -0.3 is 0 Å². The number of nitro groups is 1. The molecule has 0 aliphatic carbocycles. The summed E-state index contributed by atoms with van der Waals surface area (Å²) in [6.07, 6.45) is 0. The zero-order valence-corrected chi connectivity index (χ0v) is 17.8. The summed E-state index contributed by atoms with van der Waals surface area (Å²) in [7, 11) is 0. The first-order valence-corrected chi connectivity index (χ1v) is 11.0. The molecule has 0 fully saturated rings. The summed E-state index contributed by atoms with van der Waals surface area (Å²) in [5.41, 5.74) is 3.56. The van der Waals surface area contributed by atoms with Gasteiger partial charge in [-0.15, -0.1) is 0 Å². The monoisotopic (exact) mass is 450 g/mol. The zero-order valence-electron chi connectivity index (χ0n) is 17.0. The van der Waals surface area contributed by atoms with Crippen molar-refractivity contribution in [3.05, 3.63) is 106 Å². The topological polar surface area (TPSA) is 90.4 Å². The van der Waals surface area contributed by atoms with E-state index in [1.54, 1.807) is 18.2 Å². The van der Waals surface area contributed by atoms with Crippen LogP contribution in [-0.2, 0) is 0 Å². The number of fused-ring (bicyclic) bond motifs is 4. The van der Waals surface area contributed by atoms with Gasteiger partial charge in [-0.2, -0.15) is 0 Å². The normalized spacial score (nSPS) is 11.4. The Labute approximate surface area is 190 Å². The van der Waals surface area contributed by atoms with Gasteiger partial charge in [0, 0.05) is 23.1 Å². The highest BCUT2D eigenvalue weighted by Crippen LogP contribution is 2.34. The Morgan fingerprint density at radius 1 is 0.909 bits per heavy atom. The van der Waals surface area contributed by atoms with Gasteiger partial charge in [0.25, 0.3) is 5.69 Å². The van der Waals surface area contributed by atoms with Crippen molar-refractivity contribution < 1.29 is 9.72 Å². The number of non-ortho nitro benzene ring substituents is 1.